The first kappa shape index (κ1) is 13.7. The molecule has 0 spiro atoms. The van der Waals surface area contributed by atoms with Crippen LogP contribution in [0.3, 0.4) is 0 Å². The number of nitrogen functional groups attached to an aromatic ring is 1. The number of nitrogens with one attached hydrogen (secondary N) is 1. The molecular formula is C10H18N4O2S. The molecule has 0 radical (unpaired) electrons. The summed E-state index contributed by atoms with van der Waals surface area (Å²) >= 11 is 0. The number of carbonyl (C=O) groups is 1. The van der Waals surface area contributed by atoms with Crippen molar-refractivity contribution in [2.45, 2.75) is 19.4 Å². The smallest absolute Gasteiger partial charge is 0.274 e. The quantitative estimate of drug-likeness (QED) is 0.771. The van der Waals surface area contributed by atoms with Crippen molar-refractivity contribution >= 4 is 22.4 Å². The van der Waals surface area contributed by atoms with Gasteiger partial charge in [0, 0.05) is 42.1 Å². The third-order valence-electron chi connectivity index (χ3n) is 2.29. The summed E-state index contributed by atoms with van der Waals surface area (Å²) in [5, 5.41) is 6.75. The first-order valence-corrected chi connectivity index (χ1v) is 7.03. The van der Waals surface area contributed by atoms with E-state index in [2.05, 4.69) is 10.4 Å². The highest BCUT2D eigenvalue weighted by Gasteiger charge is 2.16. The Kier molecular flexibility index (Phi) is 4.68. The molecule has 17 heavy (non-hydrogen) atoms. The zero-order chi connectivity index (χ0) is 13.0. The van der Waals surface area contributed by atoms with Crippen LogP contribution in [0.15, 0.2) is 6.20 Å². The molecule has 6 nitrogen and oxygen atoms in total. The average Bonchev–Trinajstić information content (AvgIpc) is 2.55. The molecule has 3 N–H and O–H groups in total. The lowest BCUT2D eigenvalue weighted by Gasteiger charge is -2.12. The standard InChI is InChI=1S/C10H18N4O2S/c1-7(4-5-17(3)16)12-10(15)9-8(11)6-14(2)13-9/h6-7H,4-5,11H2,1-3H3,(H,12,15). The number of aromatic nitrogens is 2. The molecule has 96 valence electrons. The number of hydrogen-bond donors (Lipinski definition) is 2. The van der Waals surface area contributed by atoms with Crippen molar-refractivity contribution in [1.29, 1.82) is 0 Å². The number of carbonyl (C=O) groups excluding carboxylic acids is 1. The normalized spacial score (nSPS) is 14.3. The van der Waals surface area contributed by atoms with Gasteiger partial charge in [-0.1, -0.05) is 0 Å². The lowest BCUT2D eigenvalue weighted by atomic mass is 10.2. The highest BCUT2D eigenvalue weighted by molar-refractivity contribution is 7.84. The van der Waals surface area contributed by atoms with E-state index in [4.69, 9.17) is 5.73 Å². The van der Waals surface area contributed by atoms with Crippen molar-refractivity contribution in [3.05, 3.63) is 11.9 Å². The fraction of sp³-hybridized carbons (Fsp3) is 0.600. The molecular weight excluding hydrogens is 240 g/mol. The van der Waals surface area contributed by atoms with Crippen molar-refractivity contribution in [3.8, 4) is 0 Å². The Labute approximate surface area is 103 Å². The van der Waals surface area contributed by atoms with Gasteiger partial charge in [-0.25, -0.2) is 0 Å². The van der Waals surface area contributed by atoms with E-state index in [1.54, 1.807) is 19.5 Å². The summed E-state index contributed by atoms with van der Waals surface area (Å²) in [4.78, 5) is 11.8. The maximum Gasteiger partial charge on any atom is 0.274 e. The maximum atomic E-state index is 11.8. The van der Waals surface area contributed by atoms with Crippen LogP contribution in [-0.2, 0) is 17.8 Å². The third-order valence-corrected chi connectivity index (χ3v) is 3.10. The monoisotopic (exact) mass is 258 g/mol. The molecule has 1 amide bonds. The molecule has 0 aromatic carbocycles. The Hall–Kier alpha value is -1.37. The third kappa shape index (κ3) is 4.18. The molecule has 0 aliphatic carbocycles. The second-order valence-corrected chi connectivity index (χ2v) is 5.60. The molecule has 0 aliphatic rings. The van der Waals surface area contributed by atoms with Crippen molar-refractivity contribution < 1.29 is 9.00 Å². The van der Waals surface area contributed by atoms with Crippen molar-refractivity contribution in [3.63, 3.8) is 0 Å². The van der Waals surface area contributed by atoms with Crippen molar-refractivity contribution in [2.75, 3.05) is 17.7 Å². The van der Waals surface area contributed by atoms with Gasteiger partial charge in [0.25, 0.3) is 5.91 Å². The van der Waals surface area contributed by atoms with Gasteiger partial charge in [0.1, 0.15) is 0 Å². The Morgan fingerprint density at radius 2 is 2.35 bits per heavy atom. The van der Waals surface area contributed by atoms with Gasteiger partial charge >= 0.3 is 0 Å². The zero-order valence-corrected chi connectivity index (χ0v) is 11.1. The SMILES string of the molecule is CC(CCS(C)=O)NC(=O)c1nn(C)cc1N. The van der Waals surface area contributed by atoms with Crippen LogP contribution in [-0.4, -0.2) is 37.9 Å². The maximum absolute atomic E-state index is 11.8. The van der Waals surface area contributed by atoms with E-state index in [0.29, 0.717) is 17.9 Å². The lowest BCUT2D eigenvalue weighted by molar-refractivity contribution is 0.0934. The van der Waals surface area contributed by atoms with E-state index in [9.17, 15) is 9.00 Å². The summed E-state index contributed by atoms with van der Waals surface area (Å²) in [7, 11) is 0.864. The molecule has 1 heterocycles. The van der Waals surface area contributed by atoms with E-state index < -0.39 is 10.8 Å². The van der Waals surface area contributed by atoms with E-state index in [1.807, 2.05) is 6.92 Å². The summed E-state index contributed by atoms with van der Waals surface area (Å²) in [6, 6.07) is -0.0483. The summed E-state index contributed by atoms with van der Waals surface area (Å²) in [5.41, 5.74) is 6.24. The van der Waals surface area contributed by atoms with Gasteiger partial charge in [-0.15, -0.1) is 0 Å². The first-order valence-electron chi connectivity index (χ1n) is 5.30. The van der Waals surface area contributed by atoms with E-state index in [0.717, 1.165) is 0 Å². The minimum atomic E-state index is -0.841. The predicted octanol–water partition coefficient (Wildman–Crippen LogP) is -0.111. The average molecular weight is 258 g/mol. The molecule has 1 rings (SSSR count). The van der Waals surface area contributed by atoms with Crippen LogP contribution in [0.2, 0.25) is 0 Å². The van der Waals surface area contributed by atoms with Crippen LogP contribution in [0.25, 0.3) is 0 Å². The van der Waals surface area contributed by atoms with Crippen molar-refractivity contribution in [1.82, 2.24) is 15.1 Å². The van der Waals surface area contributed by atoms with Crippen LogP contribution < -0.4 is 11.1 Å². The second-order valence-electron chi connectivity index (χ2n) is 4.05. The molecule has 2 atom stereocenters. The van der Waals surface area contributed by atoms with E-state index in [1.165, 1.54) is 4.68 Å². The Bertz CT molecular complexity index is 430. The number of nitrogens with two attached hydrogens (primary N) is 1. The van der Waals surface area contributed by atoms with Crippen LogP contribution in [0, 0.1) is 0 Å². The number of nitrogens with zero attached hydrogens (tertiary/aromatic N) is 2. The minimum Gasteiger partial charge on any atom is -0.396 e. The number of aryl methyl sites for hydroxylation is 1. The highest BCUT2D eigenvalue weighted by atomic mass is 32.2. The molecule has 0 fully saturated rings. The molecule has 0 aliphatic heterocycles. The zero-order valence-electron chi connectivity index (χ0n) is 10.3. The van der Waals surface area contributed by atoms with Crippen LogP contribution in [0.4, 0.5) is 5.69 Å². The predicted molar refractivity (Wildman–Crippen MR) is 68.1 cm³/mol. The summed E-state index contributed by atoms with van der Waals surface area (Å²) in [6.45, 7) is 1.86. The fourth-order valence-corrected chi connectivity index (χ4v) is 2.08. The number of amides is 1. The van der Waals surface area contributed by atoms with Gasteiger partial charge in [-0.05, 0) is 13.3 Å². The summed E-state index contributed by atoms with van der Waals surface area (Å²) in [6.07, 6.45) is 3.90. The molecule has 2 unspecified atom stereocenters. The number of hydrogen-bond acceptors (Lipinski definition) is 4. The van der Waals surface area contributed by atoms with E-state index in [-0.39, 0.29) is 17.6 Å². The largest absolute Gasteiger partial charge is 0.396 e. The number of rotatable bonds is 5. The lowest BCUT2D eigenvalue weighted by Crippen LogP contribution is -2.34. The van der Waals surface area contributed by atoms with Gasteiger partial charge in [0.05, 0.1) is 5.69 Å². The Balaban J connectivity index is 2.54. The molecule has 0 saturated heterocycles. The molecule has 0 bridgehead atoms. The Morgan fingerprint density at radius 1 is 1.71 bits per heavy atom. The van der Waals surface area contributed by atoms with Crippen LogP contribution >= 0.6 is 0 Å². The first-order chi connectivity index (χ1) is 7.90. The van der Waals surface area contributed by atoms with Gasteiger partial charge in [-0.3, -0.25) is 13.7 Å². The topological polar surface area (TPSA) is 90.0 Å². The summed E-state index contributed by atoms with van der Waals surface area (Å²) < 4.78 is 12.4. The number of anilines is 1. The highest BCUT2D eigenvalue weighted by Crippen LogP contribution is 2.08. The van der Waals surface area contributed by atoms with Crippen LogP contribution in [0.5, 0.6) is 0 Å². The fourth-order valence-electron chi connectivity index (χ4n) is 1.39. The van der Waals surface area contributed by atoms with Gasteiger partial charge in [0.15, 0.2) is 5.69 Å². The molecule has 0 saturated carbocycles. The van der Waals surface area contributed by atoms with Gasteiger partial charge < -0.3 is 11.1 Å². The Morgan fingerprint density at radius 3 is 2.82 bits per heavy atom. The van der Waals surface area contributed by atoms with Crippen LogP contribution in [0.1, 0.15) is 23.8 Å². The van der Waals surface area contributed by atoms with Gasteiger partial charge in [-0.2, -0.15) is 5.10 Å². The van der Waals surface area contributed by atoms with Crippen molar-refractivity contribution in [2.24, 2.45) is 7.05 Å². The minimum absolute atomic E-state index is 0.0483. The van der Waals surface area contributed by atoms with Gasteiger partial charge in [0.2, 0.25) is 0 Å². The molecule has 7 heteroatoms. The van der Waals surface area contributed by atoms with E-state index >= 15 is 0 Å². The molecule has 1 aromatic heterocycles. The summed E-state index contributed by atoms with van der Waals surface area (Å²) in [5.74, 6) is 0.275. The molecule has 1 aromatic rings. The second kappa shape index (κ2) is 5.81.